The Hall–Kier alpha value is -2.38. The lowest BCUT2D eigenvalue weighted by Gasteiger charge is -2.13. The lowest BCUT2D eigenvalue weighted by molar-refractivity contribution is -0.145. The average molecular weight is 399 g/mol. The molecule has 1 aromatic carbocycles. The smallest absolute Gasteiger partial charge is 0.306 e. The number of allylic oxidation sites excluding steroid dienone is 1. The Labute approximate surface area is 170 Å². The first kappa shape index (κ1) is 20.4. The van der Waals surface area contributed by atoms with E-state index in [0.29, 0.717) is 18.9 Å². The number of hydrogen-bond donors (Lipinski definition) is 1. The Morgan fingerprint density at radius 1 is 1.25 bits per heavy atom. The maximum absolute atomic E-state index is 11.9. The third-order valence-electron chi connectivity index (χ3n) is 4.26. The third kappa shape index (κ3) is 6.35. The molecule has 0 saturated heterocycles. The number of esters is 1. The van der Waals surface area contributed by atoms with Gasteiger partial charge in [0.05, 0.1) is 4.91 Å². The van der Waals surface area contributed by atoms with E-state index < -0.39 is 0 Å². The number of unbranched alkanes of at least 4 members (excludes halogenated alkanes) is 1. The van der Waals surface area contributed by atoms with Gasteiger partial charge in [-0.15, -0.1) is 0 Å². The van der Waals surface area contributed by atoms with Gasteiger partial charge in [0.1, 0.15) is 6.61 Å². The molecule has 6 nitrogen and oxygen atoms in total. The monoisotopic (exact) mass is 398 g/mol. The topological polar surface area (TPSA) is 66.3 Å². The molecule has 0 saturated carbocycles. The molecule has 28 heavy (non-hydrogen) atoms. The van der Waals surface area contributed by atoms with Crippen LogP contribution >= 0.6 is 11.9 Å². The molecule has 148 valence electrons. The molecule has 2 aliphatic heterocycles. The number of nitrogens with one attached hydrogen (secondary N) is 1. The SMILES string of the molecule is CC1(C)C=CN=C(C2=CN(CCCCC(=O)OCc3ccccc3)NS2)N=C1. The summed E-state index contributed by atoms with van der Waals surface area (Å²) in [5.41, 5.74) is 0.922. The van der Waals surface area contributed by atoms with Crippen LogP contribution < -0.4 is 4.83 Å². The number of benzene rings is 1. The molecule has 0 radical (unpaired) electrons. The zero-order valence-corrected chi connectivity index (χ0v) is 17.1. The number of carbonyl (C=O) groups excluding carboxylic acids is 1. The predicted molar refractivity (Wildman–Crippen MR) is 114 cm³/mol. The van der Waals surface area contributed by atoms with Gasteiger partial charge in [0.2, 0.25) is 0 Å². The molecule has 0 amide bonds. The highest BCUT2D eigenvalue weighted by Crippen LogP contribution is 2.25. The standard InChI is InChI=1S/C21H26N4O2S/c1-21(2)11-12-22-20(23-16-21)18-14-25(24-28-18)13-7-6-10-19(26)27-15-17-8-4-3-5-9-17/h3-5,8-9,11-12,14,16,24H,6-7,10,13,15H2,1-2H3. The molecule has 0 bridgehead atoms. The molecular weight excluding hydrogens is 372 g/mol. The number of carbonyl (C=O) groups is 1. The number of aliphatic imine (C=N–C) groups is 2. The Bertz CT molecular complexity index is 800. The number of ether oxygens (including phenoxy) is 1. The first-order valence-electron chi connectivity index (χ1n) is 9.43. The van der Waals surface area contributed by atoms with Gasteiger partial charge in [0.15, 0.2) is 5.84 Å². The minimum atomic E-state index is -0.152. The fraction of sp³-hybridized carbons (Fsp3) is 0.381. The van der Waals surface area contributed by atoms with Crippen LogP contribution in [-0.4, -0.2) is 29.6 Å². The van der Waals surface area contributed by atoms with Crippen molar-refractivity contribution in [3.63, 3.8) is 0 Å². The zero-order valence-electron chi connectivity index (χ0n) is 16.3. The lowest BCUT2D eigenvalue weighted by Crippen LogP contribution is -2.25. The summed E-state index contributed by atoms with van der Waals surface area (Å²) in [4.78, 5) is 25.0. The first-order chi connectivity index (χ1) is 13.5. The molecule has 0 unspecified atom stereocenters. The second kappa shape index (κ2) is 9.71. The van der Waals surface area contributed by atoms with Crippen LogP contribution in [0.3, 0.4) is 0 Å². The fourth-order valence-corrected chi connectivity index (χ4v) is 3.34. The number of rotatable bonds is 8. The molecule has 0 spiro atoms. The quantitative estimate of drug-likeness (QED) is 0.403. The van der Waals surface area contributed by atoms with E-state index in [9.17, 15) is 4.79 Å². The largest absolute Gasteiger partial charge is 0.461 e. The van der Waals surface area contributed by atoms with Crippen LogP contribution in [0.5, 0.6) is 0 Å². The van der Waals surface area contributed by atoms with Crippen molar-refractivity contribution in [1.82, 2.24) is 9.84 Å². The minimum Gasteiger partial charge on any atom is -0.461 e. The van der Waals surface area contributed by atoms with Crippen molar-refractivity contribution in [2.45, 2.75) is 39.7 Å². The van der Waals surface area contributed by atoms with Gasteiger partial charge in [-0.2, -0.15) is 4.83 Å². The predicted octanol–water partition coefficient (Wildman–Crippen LogP) is 4.23. The van der Waals surface area contributed by atoms with E-state index in [-0.39, 0.29) is 11.4 Å². The number of amidine groups is 1. The Balaban J connectivity index is 1.36. The lowest BCUT2D eigenvalue weighted by atomic mass is 9.96. The molecule has 1 aromatic rings. The summed E-state index contributed by atoms with van der Waals surface area (Å²) in [5, 5.41) is 2.01. The maximum atomic E-state index is 11.9. The van der Waals surface area contributed by atoms with Gasteiger partial charge in [0.25, 0.3) is 0 Å². The first-order valence-corrected chi connectivity index (χ1v) is 10.3. The van der Waals surface area contributed by atoms with Crippen molar-refractivity contribution in [3.8, 4) is 0 Å². The Morgan fingerprint density at radius 3 is 2.89 bits per heavy atom. The summed E-state index contributed by atoms with van der Waals surface area (Å²) in [6.45, 7) is 5.33. The van der Waals surface area contributed by atoms with Gasteiger partial charge in [-0.25, -0.2) is 9.98 Å². The summed E-state index contributed by atoms with van der Waals surface area (Å²) < 4.78 is 5.30. The Morgan fingerprint density at radius 2 is 2.07 bits per heavy atom. The van der Waals surface area contributed by atoms with Crippen LogP contribution in [0.2, 0.25) is 0 Å². The van der Waals surface area contributed by atoms with Gasteiger partial charge in [-0.05, 0) is 30.4 Å². The van der Waals surface area contributed by atoms with E-state index in [1.165, 1.54) is 11.9 Å². The van der Waals surface area contributed by atoms with Crippen LogP contribution in [-0.2, 0) is 16.1 Å². The number of hydrogen-bond acceptors (Lipinski definition) is 7. The van der Waals surface area contributed by atoms with Crippen LogP contribution in [0, 0.1) is 5.41 Å². The van der Waals surface area contributed by atoms with Crippen LogP contribution in [0.1, 0.15) is 38.7 Å². The molecule has 0 atom stereocenters. The van der Waals surface area contributed by atoms with Crippen molar-refractivity contribution in [3.05, 3.63) is 59.3 Å². The van der Waals surface area contributed by atoms with Crippen LogP contribution in [0.4, 0.5) is 0 Å². The summed E-state index contributed by atoms with van der Waals surface area (Å²) in [6.07, 6.45) is 9.89. The number of hydrazine groups is 1. The summed E-state index contributed by atoms with van der Waals surface area (Å²) in [7, 11) is 0. The van der Waals surface area contributed by atoms with Crippen molar-refractivity contribution >= 4 is 30.0 Å². The van der Waals surface area contributed by atoms with E-state index in [1.54, 1.807) is 0 Å². The molecule has 1 N–H and O–H groups in total. The average Bonchev–Trinajstić information content (AvgIpc) is 3.08. The van der Waals surface area contributed by atoms with Crippen LogP contribution in [0.15, 0.2) is 63.7 Å². The van der Waals surface area contributed by atoms with Crippen molar-refractivity contribution in [2.24, 2.45) is 15.4 Å². The van der Waals surface area contributed by atoms with Crippen LogP contribution in [0.25, 0.3) is 0 Å². The van der Waals surface area contributed by atoms with Gasteiger partial charge in [-0.1, -0.05) is 50.3 Å². The van der Waals surface area contributed by atoms with Gasteiger partial charge in [-0.3, -0.25) is 4.79 Å². The molecule has 7 heteroatoms. The van der Waals surface area contributed by atoms with E-state index in [1.807, 2.05) is 60.0 Å². The fourth-order valence-electron chi connectivity index (χ4n) is 2.61. The van der Waals surface area contributed by atoms with E-state index in [2.05, 4.69) is 28.7 Å². The Kier molecular flexibility index (Phi) is 7.06. The van der Waals surface area contributed by atoms with Gasteiger partial charge in [0, 0.05) is 37.0 Å². The molecule has 0 aromatic heterocycles. The molecule has 0 fully saturated rings. The molecule has 2 heterocycles. The maximum Gasteiger partial charge on any atom is 0.306 e. The third-order valence-corrected chi connectivity index (χ3v) is 5.09. The van der Waals surface area contributed by atoms with Crippen molar-refractivity contribution in [2.75, 3.05) is 6.54 Å². The van der Waals surface area contributed by atoms with Crippen molar-refractivity contribution in [1.29, 1.82) is 0 Å². The zero-order chi connectivity index (χ0) is 19.8. The molecule has 2 aliphatic rings. The second-order valence-corrected chi connectivity index (χ2v) is 8.16. The van der Waals surface area contributed by atoms with Crippen molar-refractivity contribution < 1.29 is 9.53 Å². The summed E-state index contributed by atoms with van der Waals surface area (Å²) in [5.74, 6) is 0.562. The van der Waals surface area contributed by atoms with E-state index >= 15 is 0 Å². The van der Waals surface area contributed by atoms with E-state index in [0.717, 1.165) is 29.9 Å². The number of nitrogens with zero attached hydrogens (tertiary/aromatic N) is 3. The normalized spacial score (nSPS) is 17.9. The molecular formula is C21H26N4O2S. The molecule has 0 aliphatic carbocycles. The minimum absolute atomic E-state index is 0.0860. The molecule has 3 rings (SSSR count). The van der Waals surface area contributed by atoms with Gasteiger partial charge < -0.3 is 9.75 Å². The second-order valence-electron chi connectivity index (χ2n) is 7.33. The highest BCUT2D eigenvalue weighted by Gasteiger charge is 2.19. The summed E-state index contributed by atoms with van der Waals surface area (Å²) in [6, 6.07) is 9.73. The van der Waals surface area contributed by atoms with Gasteiger partial charge >= 0.3 is 5.97 Å². The van der Waals surface area contributed by atoms with E-state index in [4.69, 9.17) is 4.74 Å². The summed E-state index contributed by atoms with van der Waals surface area (Å²) >= 11 is 1.50. The highest BCUT2D eigenvalue weighted by molar-refractivity contribution is 8.02. The highest BCUT2D eigenvalue weighted by atomic mass is 32.2.